The number of carboxylic acid groups (broad SMARTS) is 1. The lowest BCUT2D eigenvalue weighted by Gasteiger charge is -2.38. The zero-order chi connectivity index (χ0) is 21.6. The van der Waals surface area contributed by atoms with E-state index in [1.165, 1.54) is 6.20 Å². The molecule has 29 heavy (non-hydrogen) atoms. The molecule has 9 heteroatoms. The Morgan fingerprint density at radius 2 is 1.93 bits per heavy atom. The minimum absolute atomic E-state index is 0.0497. The quantitative estimate of drug-likeness (QED) is 0.736. The van der Waals surface area contributed by atoms with Crippen molar-refractivity contribution in [2.75, 3.05) is 44.2 Å². The average Bonchev–Trinajstić information content (AvgIpc) is 2.69. The lowest BCUT2D eigenvalue weighted by Crippen LogP contribution is -2.52. The molecular weight excluding hydrogens is 374 g/mol. The van der Waals surface area contributed by atoms with Gasteiger partial charge in [0.2, 0.25) is 5.91 Å². The summed E-state index contributed by atoms with van der Waals surface area (Å²) in [6.07, 6.45) is 0.470. The number of rotatable bonds is 6. The SMILES string of the molecule is CC(C)(C)C(CO)N(CCC(=O)N1CCN(c2ccc(C#N)cn2)CC1)C(=O)O. The topological polar surface area (TPSA) is 121 Å². The summed E-state index contributed by atoms with van der Waals surface area (Å²) in [7, 11) is 0. The Balaban J connectivity index is 1.90. The number of carbonyl (C=O) groups is 2. The molecule has 2 amide bonds. The molecule has 1 unspecified atom stereocenters. The number of nitriles is 1. The van der Waals surface area contributed by atoms with Crippen LogP contribution in [0, 0.1) is 16.7 Å². The first-order valence-electron chi connectivity index (χ1n) is 9.66. The van der Waals surface area contributed by atoms with Crippen LogP contribution in [-0.4, -0.2) is 82.4 Å². The second-order valence-electron chi connectivity index (χ2n) is 8.18. The van der Waals surface area contributed by atoms with Gasteiger partial charge in [-0.3, -0.25) is 4.79 Å². The number of aliphatic hydroxyl groups excluding tert-OH is 1. The van der Waals surface area contributed by atoms with Crippen molar-refractivity contribution in [3.05, 3.63) is 23.9 Å². The van der Waals surface area contributed by atoms with Gasteiger partial charge < -0.3 is 24.9 Å². The lowest BCUT2D eigenvalue weighted by molar-refractivity contribution is -0.132. The molecule has 1 fully saturated rings. The van der Waals surface area contributed by atoms with Crippen molar-refractivity contribution in [2.24, 2.45) is 5.41 Å². The van der Waals surface area contributed by atoms with Crippen LogP contribution in [0.3, 0.4) is 0 Å². The minimum atomic E-state index is -1.14. The first-order chi connectivity index (χ1) is 13.7. The van der Waals surface area contributed by atoms with E-state index in [4.69, 9.17) is 5.26 Å². The maximum Gasteiger partial charge on any atom is 0.407 e. The van der Waals surface area contributed by atoms with Gasteiger partial charge in [0.15, 0.2) is 0 Å². The number of aliphatic hydroxyl groups is 1. The van der Waals surface area contributed by atoms with Crippen molar-refractivity contribution < 1.29 is 19.8 Å². The van der Waals surface area contributed by atoms with E-state index in [1.807, 2.05) is 26.8 Å². The van der Waals surface area contributed by atoms with E-state index in [0.29, 0.717) is 31.7 Å². The fourth-order valence-electron chi connectivity index (χ4n) is 3.42. The van der Waals surface area contributed by atoms with E-state index in [9.17, 15) is 19.8 Å². The average molecular weight is 403 g/mol. The van der Waals surface area contributed by atoms with Gasteiger partial charge in [-0.2, -0.15) is 5.26 Å². The second kappa shape index (κ2) is 9.56. The molecule has 1 aliphatic heterocycles. The van der Waals surface area contributed by atoms with Gasteiger partial charge in [-0.05, 0) is 17.5 Å². The fraction of sp³-hybridized carbons (Fsp3) is 0.600. The zero-order valence-electron chi connectivity index (χ0n) is 17.2. The van der Waals surface area contributed by atoms with Crippen LogP contribution in [0.1, 0.15) is 32.8 Å². The Hall–Kier alpha value is -2.86. The van der Waals surface area contributed by atoms with Crippen LogP contribution in [0.5, 0.6) is 0 Å². The zero-order valence-corrected chi connectivity index (χ0v) is 17.2. The molecule has 0 saturated carbocycles. The summed E-state index contributed by atoms with van der Waals surface area (Å²) in [6, 6.07) is 4.97. The van der Waals surface area contributed by atoms with E-state index >= 15 is 0 Å². The highest BCUT2D eigenvalue weighted by Gasteiger charge is 2.33. The van der Waals surface area contributed by atoms with Gasteiger partial charge in [-0.15, -0.1) is 0 Å². The molecule has 9 nitrogen and oxygen atoms in total. The number of hydrogen-bond acceptors (Lipinski definition) is 6. The van der Waals surface area contributed by atoms with Crippen LogP contribution >= 0.6 is 0 Å². The number of carbonyl (C=O) groups excluding carboxylic acids is 1. The van der Waals surface area contributed by atoms with E-state index in [1.54, 1.807) is 17.0 Å². The first-order valence-corrected chi connectivity index (χ1v) is 9.66. The lowest BCUT2D eigenvalue weighted by atomic mass is 9.86. The molecule has 2 heterocycles. The highest BCUT2D eigenvalue weighted by Crippen LogP contribution is 2.24. The smallest absolute Gasteiger partial charge is 0.407 e. The Morgan fingerprint density at radius 3 is 2.38 bits per heavy atom. The normalized spacial score (nSPS) is 15.6. The Labute approximate surface area is 171 Å². The van der Waals surface area contributed by atoms with Crippen LogP contribution in [-0.2, 0) is 4.79 Å². The molecule has 0 aliphatic carbocycles. The maximum absolute atomic E-state index is 12.6. The highest BCUT2D eigenvalue weighted by molar-refractivity contribution is 5.77. The molecule has 0 bridgehead atoms. The van der Waals surface area contributed by atoms with Gasteiger partial charge >= 0.3 is 6.09 Å². The molecule has 1 aromatic heterocycles. The molecule has 0 spiro atoms. The molecule has 0 radical (unpaired) electrons. The van der Waals surface area contributed by atoms with Gasteiger partial charge in [-0.25, -0.2) is 9.78 Å². The third kappa shape index (κ3) is 5.81. The molecule has 1 aliphatic rings. The van der Waals surface area contributed by atoms with Gasteiger partial charge in [0.1, 0.15) is 11.9 Å². The Kier molecular flexibility index (Phi) is 7.40. The summed E-state index contributed by atoms with van der Waals surface area (Å²) in [4.78, 5) is 33.4. The molecule has 158 valence electrons. The fourth-order valence-corrected chi connectivity index (χ4v) is 3.42. The molecule has 2 rings (SSSR count). The van der Waals surface area contributed by atoms with Crippen LogP contribution in [0.2, 0.25) is 0 Å². The van der Waals surface area contributed by atoms with Crippen molar-refractivity contribution in [1.82, 2.24) is 14.8 Å². The summed E-state index contributed by atoms with van der Waals surface area (Å²) in [6.45, 7) is 7.64. The van der Waals surface area contributed by atoms with Gasteiger partial charge in [0.05, 0.1) is 18.2 Å². The maximum atomic E-state index is 12.6. The summed E-state index contributed by atoms with van der Waals surface area (Å²) < 4.78 is 0. The largest absolute Gasteiger partial charge is 0.465 e. The van der Waals surface area contributed by atoms with Gasteiger partial charge in [0.25, 0.3) is 0 Å². The van der Waals surface area contributed by atoms with E-state index < -0.39 is 17.6 Å². The van der Waals surface area contributed by atoms with E-state index in [2.05, 4.69) is 9.88 Å². The number of nitrogens with zero attached hydrogens (tertiary/aromatic N) is 5. The molecule has 2 N–H and O–H groups in total. The van der Waals surface area contributed by atoms with Gasteiger partial charge in [-0.1, -0.05) is 20.8 Å². The third-order valence-electron chi connectivity index (χ3n) is 5.19. The summed E-state index contributed by atoms with van der Waals surface area (Å²) in [5, 5.41) is 28.0. The number of piperazine rings is 1. The van der Waals surface area contributed by atoms with Crippen molar-refractivity contribution in [3.63, 3.8) is 0 Å². The van der Waals surface area contributed by atoms with Crippen LogP contribution in [0.4, 0.5) is 10.6 Å². The van der Waals surface area contributed by atoms with Crippen LogP contribution in [0.15, 0.2) is 18.3 Å². The number of anilines is 1. The van der Waals surface area contributed by atoms with Crippen molar-refractivity contribution >= 4 is 17.8 Å². The molecular formula is C20H29N5O4. The predicted octanol–water partition coefficient (Wildman–Crippen LogP) is 1.38. The standard InChI is InChI=1S/C20H29N5O4/c1-20(2,3)16(14-26)25(19(28)29)7-6-18(27)24-10-8-23(9-11-24)17-5-4-15(12-21)13-22-17/h4-5,13,16,26H,6-11,14H2,1-3H3,(H,28,29). The molecule has 1 atom stereocenters. The summed E-state index contributed by atoms with van der Waals surface area (Å²) in [5.41, 5.74) is 0.0672. The Bertz CT molecular complexity index is 746. The van der Waals surface area contributed by atoms with Gasteiger partial charge in [0, 0.05) is 45.3 Å². The number of amides is 2. The molecule has 0 aromatic carbocycles. The Morgan fingerprint density at radius 1 is 1.28 bits per heavy atom. The number of hydrogen-bond donors (Lipinski definition) is 2. The second-order valence-corrected chi connectivity index (χ2v) is 8.18. The molecule has 1 saturated heterocycles. The van der Waals surface area contributed by atoms with Crippen molar-refractivity contribution in [2.45, 2.75) is 33.2 Å². The number of aromatic nitrogens is 1. The third-order valence-corrected chi connectivity index (χ3v) is 5.19. The summed E-state index contributed by atoms with van der Waals surface area (Å²) >= 11 is 0. The predicted molar refractivity (Wildman–Crippen MR) is 107 cm³/mol. The van der Waals surface area contributed by atoms with E-state index in [0.717, 1.165) is 10.7 Å². The van der Waals surface area contributed by atoms with Crippen molar-refractivity contribution in [1.29, 1.82) is 5.26 Å². The first kappa shape index (κ1) is 22.4. The molecule has 1 aromatic rings. The van der Waals surface area contributed by atoms with Crippen LogP contribution in [0.25, 0.3) is 0 Å². The van der Waals surface area contributed by atoms with Crippen molar-refractivity contribution in [3.8, 4) is 6.07 Å². The minimum Gasteiger partial charge on any atom is -0.465 e. The highest BCUT2D eigenvalue weighted by atomic mass is 16.4. The van der Waals surface area contributed by atoms with E-state index in [-0.39, 0.29) is 25.5 Å². The van der Waals surface area contributed by atoms with Crippen LogP contribution < -0.4 is 4.90 Å². The summed E-state index contributed by atoms with van der Waals surface area (Å²) in [5.74, 6) is 0.665. The number of pyridine rings is 1. The monoisotopic (exact) mass is 403 g/mol.